The Hall–Kier alpha value is -2.30. The first-order valence-corrected chi connectivity index (χ1v) is 11.7. The van der Waals surface area contributed by atoms with E-state index < -0.39 is 15.9 Å². The first-order chi connectivity index (χ1) is 14.4. The predicted molar refractivity (Wildman–Crippen MR) is 108 cm³/mol. The van der Waals surface area contributed by atoms with Gasteiger partial charge in [0, 0.05) is 31.8 Å². The maximum absolute atomic E-state index is 12.8. The van der Waals surface area contributed by atoms with E-state index in [0.29, 0.717) is 37.7 Å². The minimum atomic E-state index is -3.52. The first kappa shape index (κ1) is 21.0. The Morgan fingerprint density at radius 2 is 1.93 bits per heavy atom. The van der Waals surface area contributed by atoms with Crippen LogP contribution in [0.5, 0.6) is 0 Å². The van der Waals surface area contributed by atoms with Crippen molar-refractivity contribution in [2.24, 2.45) is 5.92 Å². The molecule has 0 bridgehead atoms. The van der Waals surface area contributed by atoms with E-state index in [1.165, 1.54) is 16.4 Å². The summed E-state index contributed by atoms with van der Waals surface area (Å²) in [6.07, 6.45) is 3.68. The number of hydrogen-bond acceptors (Lipinski definition) is 7. The van der Waals surface area contributed by atoms with Gasteiger partial charge in [0.05, 0.1) is 11.0 Å². The summed E-state index contributed by atoms with van der Waals surface area (Å²) in [5, 5.41) is 6.57. The second kappa shape index (κ2) is 8.83. The molecule has 0 aliphatic carbocycles. The molecule has 2 fully saturated rings. The maximum atomic E-state index is 12.8. The molecule has 3 heterocycles. The van der Waals surface area contributed by atoms with Crippen molar-refractivity contribution in [1.29, 1.82) is 0 Å². The summed E-state index contributed by atoms with van der Waals surface area (Å²) in [6, 6.07) is 6.32. The number of piperidine rings is 1. The third kappa shape index (κ3) is 4.55. The van der Waals surface area contributed by atoms with Crippen LogP contribution in [-0.4, -0.2) is 61.1 Å². The lowest BCUT2D eigenvalue weighted by Crippen LogP contribution is -2.37. The minimum Gasteiger partial charge on any atom is -0.376 e. The molecule has 0 unspecified atom stereocenters. The van der Waals surface area contributed by atoms with Gasteiger partial charge in [-0.2, -0.15) is 9.29 Å². The topological polar surface area (TPSA) is 115 Å². The van der Waals surface area contributed by atoms with Gasteiger partial charge in [-0.1, -0.05) is 12.1 Å². The summed E-state index contributed by atoms with van der Waals surface area (Å²) >= 11 is 0. The van der Waals surface area contributed by atoms with Crippen LogP contribution >= 0.6 is 0 Å². The number of benzene rings is 1. The van der Waals surface area contributed by atoms with Crippen LogP contribution in [0.25, 0.3) is 11.4 Å². The minimum absolute atomic E-state index is 0.0222. The molecule has 1 amide bonds. The summed E-state index contributed by atoms with van der Waals surface area (Å²) in [7, 11) is -3.52. The first-order valence-electron chi connectivity index (χ1n) is 10.3. The molecule has 1 aromatic carbocycles. The van der Waals surface area contributed by atoms with Crippen molar-refractivity contribution in [3.05, 3.63) is 30.2 Å². The molecule has 4 rings (SSSR count). The zero-order chi connectivity index (χ0) is 21.1. The van der Waals surface area contributed by atoms with Gasteiger partial charge in [-0.05, 0) is 55.9 Å². The van der Waals surface area contributed by atoms with E-state index in [1.54, 1.807) is 12.1 Å². The van der Waals surface area contributed by atoms with E-state index in [9.17, 15) is 13.2 Å². The van der Waals surface area contributed by atoms with E-state index in [-0.39, 0.29) is 22.7 Å². The van der Waals surface area contributed by atoms with Gasteiger partial charge < -0.3 is 14.6 Å². The Morgan fingerprint density at radius 1 is 1.20 bits per heavy atom. The lowest BCUT2D eigenvalue weighted by Gasteiger charge is -2.29. The third-order valence-electron chi connectivity index (χ3n) is 5.63. The van der Waals surface area contributed by atoms with Crippen LogP contribution in [0.1, 0.15) is 43.3 Å². The molecule has 10 heteroatoms. The van der Waals surface area contributed by atoms with Crippen LogP contribution in [0.2, 0.25) is 0 Å². The Balaban J connectivity index is 1.41. The van der Waals surface area contributed by atoms with Crippen molar-refractivity contribution in [1.82, 2.24) is 19.8 Å². The van der Waals surface area contributed by atoms with Gasteiger partial charge in [0.1, 0.15) is 0 Å². The van der Waals surface area contributed by atoms with Gasteiger partial charge in [-0.15, -0.1) is 0 Å². The van der Waals surface area contributed by atoms with Crippen molar-refractivity contribution in [2.45, 2.75) is 43.6 Å². The quantitative estimate of drug-likeness (QED) is 0.740. The molecule has 2 aliphatic rings. The molecule has 1 atom stereocenters. The smallest absolute Gasteiger partial charge is 0.316 e. The summed E-state index contributed by atoms with van der Waals surface area (Å²) in [5.74, 6) is 0.187. The van der Waals surface area contributed by atoms with Crippen molar-refractivity contribution in [3.63, 3.8) is 0 Å². The SMILES string of the molecule is CC1CCN(S(=O)(=O)c2ccc(-c3noc(C(=O)NC[C@H]4CCCO4)n3)cc2)CC1. The lowest BCUT2D eigenvalue weighted by atomic mass is 10.0. The van der Waals surface area contributed by atoms with E-state index in [2.05, 4.69) is 22.4 Å². The molecule has 9 nitrogen and oxygen atoms in total. The maximum Gasteiger partial charge on any atom is 0.316 e. The van der Waals surface area contributed by atoms with Crippen LogP contribution in [0, 0.1) is 5.92 Å². The Morgan fingerprint density at radius 3 is 2.60 bits per heavy atom. The number of amides is 1. The molecule has 1 N–H and O–H groups in total. The Kier molecular flexibility index (Phi) is 6.16. The highest BCUT2D eigenvalue weighted by molar-refractivity contribution is 7.89. The van der Waals surface area contributed by atoms with E-state index in [0.717, 1.165) is 25.7 Å². The summed E-state index contributed by atoms with van der Waals surface area (Å²) < 4.78 is 37.7. The fourth-order valence-corrected chi connectivity index (χ4v) is 5.14. The summed E-state index contributed by atoms with van der Waals surface area (Å²) in [5.41, 5.74) is 0.572. The number of rotatable bonds is 6. The monoisotopic (exact) mass is 434 g/mol. The zero-order valence-corrected chi connectivity index (χ0v) is 17.7. The van der Waals surface area contributed by atoms with Gasteiger partial charge in [0.15, 0.2) is 0 Å². The standard InChI is InChI=1S/C20H26N4O5S/c1-14-8-10-24(11-9-14)30(26,27)17-6-4-15(5-7-17)18-22-20(29-23-18)19(25)21-13-16-3-2-12-28-16/h4-7,14,16H,2-3,8-13H2,1H3,(H,21,25)/t16-/m1/s1. The number of sulfonamides is 1. The third-order valence-corrected chi connectivity index (χ3v) is 7.54. The lowest BCUT2D eigenvalue weighted by molar-refractivity contribution is 0.0822. The van der Waals surface area contributed by atoms with E-state index in [4.69, 9.17) is 9.26 Å². The van der Waals surface area contributed by atoms with Gasteiger partial charge >= 0.3 is 11.8 Å². The molecule has 162 valence electrons. The number of ether oxygens (including phenoxy) is 1. The number of carbonyl (C=O) groups excluding carboxylic acids is 1. The number of aromatic nitrogens is 2. The molecule has 2 saturated heterocycles. The van der Waals surface area contributed by atoms with Crippen LogP contribution in [0.4, 0.5) is 0 Å². The number of hydrogen-bond donors (Lipinski definition) is 1. The molecule has 2 aliphatic heterocycles. The Labute approximate surface area is 175 Å². The molecular formula is C20H26N4O5S. The van der Waals surface area contributed by atoms with Crippen LogP contribution in [0.15, 0.2) is 33.7 Å². The highest BCUT2D eigenvalue weighted by Gasteiger charge is 2.28. The second-order valence-corrected chi connectivity index (χ2v) is 9.82. The fraction of sp³-hybridized carbons (Fsp3) is 0.550. The average Bonchev–Trinajstić information content (AvgIpc) is 3.45. The van der Waals surface area contributed by atoms with E-state index in [1.807, 2.05) is 0 Å². The molecule has 30 heavy (non-hydrogen) atoms. The van der Waals surface area contributed by atoms with E-state index >= 15 is 0 Å². The van der Waals surface area contributed by atoms with Crippen LogP contribution < -0.4 is 5.32 Å². The number of nitrogens with zero attached hydrogens (tertiary/aromatic N) is 3. The predicted octanol–water partition coefficient (Wildman–Crippen LogP) is 2.07. The number of nitrogens with one attached hydrogen (secondary N) is 1. The van der Waals surface area contributed by atoms with Crippen molar-refractivity contribution in [2.75, 3.05) is 26.2 Å². The molecule has 0 radical (unpaired) electrons. The highest BCUT2D eigenvalue weighted by atomic mass is 32.2. The van der Waals surface area contributed by atoms with Crippen LogP contribution in [-0.2, 0) is 14.8 Å². The zero-order valence-electron chi connectivity index (χ0n) is 16.9. The molecule has 1 aromatic heterocycles. The van der Waals surface area contributed by atoms with Crippen molar-refractivity contribution < 1.29 is 22.5 Å². The molecule has 2 aromatic rings. The van der Waals surface area contributed by atoms with Crippen LogP contribution in [0.3, 0.4) is 0 Å². The van der Waals surface area contributed by atoms with Crippen molar-refractivity contribution in [3.8, 4) is 11.4 Å². The fourth-order valence-electron chi connectivity index (χ4n) is 3.67. The summed E-state index contributed by atoms with van der Waals surface area (Å²) in [4.78, 5) is 16.5. The van der Waals surface area contributed by atoms with Crippen molar-refractivity contribution >= 4 is 15.9 Å². The normalized spacial score (nSPS) is 21.0. The van der Waals surface area contributed by atoms with Gasteiger partial charge in [-0.3, -0.25) is 4.79 Å². The highest BCUT2D eigenvalue weighted by Crippen LogP contribution is 2.25. The molecular weight excluding hydrogens is 408 g/mol. The Bertz CT molecular complexity index is 975. The van der Waals surface area contributed by atoms with Gasteiger partial charge in [-0.25, -0.2) is 8.42 Å². The second-order valence-electron chi connectivity index (χ2n) is 7.88. The molecule has 0 saturated carbocycles. The largest absolute Gasteiger partial charge is 0.376 e. The summed E-state index contributed by atoms with van der Waals surface area (Å²) in [6.45, 7) is 4.34. The van der Waals surface area contributed by atoms with Gasteiger partial charge in [0.25, 0.3) is 0 Å². The number of carbonyl (C=O) groups is 1. The van der Waals surface area contributed by atoms with Gasteiger partial charge in [0.2, 0.25) is 15.8 Å². The molecule has 0 spiro atoms. The average molecular weight is 435 g/mol.